The molecule has 0 aliphatic carbocycles. The molecule has 9 nitrogen and oxygen atoms in total. The number of rotatable bonds is 8. The third-order valence-electron chi connectivity index (χ3n) is 4.27. The molecular weight excluding hydrogens is 408 g/mol. The van der Waals surface area contributed by atoms with Crippen LogP contribution in [0.3, 0.4) is 0 Å². The van der Waals surface area contributed by atoms with E-state index in [1.807, 2.05) is 30.3 Å². The van der Waals surface area contributed by atoms with Gasteiger partial charge in [0.1, 0.15) is 16.7 Å². The molecule has 0 fully saturated rings. The average Bonchev–Trinajstić information content (AvgIpc) is 2.70. The Morgan fingerprint density at radius 1 is 1.10 bits per heavy atom. The largest absolute Gasteiger partial charge is 0.495 e. The lowest BCUT2D eigenvalue weighted by molar-refractivity contribution is -0.118. The van der Waals surface area contributed by atoms with Crippen molar-refractivity contribution in [2.24, 2.45) is 11.1 Å². The zero-order valence-corrected chi connectivity index (χ0v) is 17.8. The smallest absolute Gasteiger partial charge is 0.315 e. The van der Waals surface area contributed by atoms with Crippen LogP contribution in [0.1, 0.15) is 19.4 Å². The summed E-state index contributed by atoms with van der Waals surface area (Å²) in [5, 5.41) is 13.2. The number of hydrogen-bond acceptors (Lipinski definition) is 5. The molecule has 2 aromatic rings. The van der Waals surface area contributed by atoms with E-state index in [0.29, 0.717) is 6.54 Å². The van der Waals surface area contributed by atoms with Crippen molar-refractivity contribution in [3.05, 3.63) is 54.1 Å². The van der Waals surface area contributed by atoms with Gasteiger partial charge in [0.05, 0.1) is 7.11 Å². The van der Waals surface area contributed by atoms with Crippen LogP contribution in [0.15, 0.2) is 53.4 Å². The fraction of sp³-hybridized carbons (Fsp3) is 0.300. The maximum Gasteiger partial charge on any atom is 0.315 e. The Morgan fingerprint density at radius 3 is 2.33 bits per heavy atom. The number of sulfonamides is 1. The third kappa shape index (κ3) is 6.46. The lowest BCUT2D eigenvalue weighted by Gasteiger charge is -2.22. The second-order valence-electron chi connectivity index (χ2n) is 6.93. The molecule has 0 bridgehead atoms. The first-order chi connectivity index (χ1) is 14.1. The van der Waals surface area contributed by atoms with Crippen molar-refractivity contribution >= 4 is 27.6 Å². The summed E-state index contributed by atoms with van der Waals surface area (Å²) in [7, 11) is -2.73. The predicted molar refractivity (Wildman–Crippen MR) is 113 cm³/mol. The molecule has 2 rings (SSSR count). The average molecular weight is 435 g/mol. The molecule has 0 spiro atoms. The molecule has 0 aromatic heterocycles. The summed E-state index contributed by atoms with van der Waals surface area (Å²) >= 11 is 0. The van der Waals surface area contributed by atoms with Crippen LogP contribution >= 0.6 is 0 Å². The maximum absolute atomic E-state index is 12.7. The van der Waals surface area contributed by atoms with E-state index in [1.165, 1.54) is 25.3 Å². The Morgan fingerprint density at radius 2 is 1.77 bits per heavy atom. The van der Waals surface area contributed by atoms with Crippen molar-refractivity contribution in [1.29, 1.82) is 0 Å². The number of benzene rings is 2. The zero-order valence-electron chi connectivity index (χ0n) is 17.0. The number of carbonyl (C=O) groups is 2. The zero-order chi connectivity index (χ0) is 22.3. The van der Waals surface area contributed by atoms with E-state index in [9.17, 15) is 18.0 Å². The van der Waals surface area contributed by atoms with Gasteiger partial charge in [-0.05, 0) is 29.7 Å². The summed E-state index contributed by atoms with van der Waals surface area (Å²) in [4.78, 5) is 24.7. The van der Waals surface area contributed by atoms with Gasteiger partial charge in [0, 0.05) is 12.2 Å². The van der Waals surface area contributed by atoms with Crippen molar-refractivity contribution in [2.45, 2.75) is 31.3 Å². The monoisotopic (exact) mass is 434 g/mol. The fourth-order valence-electron chi connectivity index (χ4n) is 2.70. The molecular formula is C20H26N4O5S. The number of ether oxygens (including phenoxy) is 1. The molecule has 3 amide bonds. The van der Waals surface area contributed by atoms with Gasteiger partial charge in [-0.25, -0.2) is 18.4 Å². The van der Waals surface area contributed by atoms with Gasteiger partial charge in [0.2, 0.25) is 15.9 Å². The van der Waals surface area contributed by atoms with E-state index in [0.717, 1.165) is 5.56 Å². The number of nitrogens with two attached hydrogens (primary N) is 1. The maximum atomic E-state index is 12.7. The topological polar surface area (TPSA) is 140 Å². The Kier molecular flexibility index (Phi) is 7.79. The minimum atomic E-state index is -4.05. The van der Waals surface area contributed by atoms with Crippen LogP contribution in [0, 0.1) is 5.92 Å². The van der Waals surface area contributed by atoms with Crippen LogP contribution in [-0.4, -0.2) is 33.5 Å². The molecule has 0 heterocycles. The number of nitrogens with one attached hydrogen (secondary N) is 3. The van der Waals surface area contributed by atoms with E-state index < -0.39 is 28.0 Å². The summed E-state index contributed by atoms with van der Waals surface area (Å²) in [6, 6.07) is 12.1. The van der Waals surface area contributed by atoms with Gasteiger partial charge in [-0.15, -0.1) is 0 Å². The highest BCUT2D eigenvalue weighted by Crippen LogP contribution is 2.26. The molecule has 0 aliphatic rings. The molecule has 162 valence electrons. The third-order valence-corrected chi connectivity index (χ3v) is 5.20. The van der Waals surface area contributed by atoms with Crippen LogP contribution in [0.2, 0.25) is 0 Å². The number of amides is 3. The van der Waals surface area contributed by atoms with Crippen LogP contribution in [0.5, 0.6) is 5.75 Å². The van der Waals surface area contributed by atoms with E-state index >= 15 is 0 Å². The summed E-state index contributed by atoms with van der Waals surface area (Å²) in [6.45, 7) is 3.88. The van der Waals surface area contributed by atoms with Crippen molar-refractivity contribution in [1.82, 2.24) is 10.6 Å². The Balaban J connectivity index is 2.07. The van der Waals surface area contributed by atoms with E-state index in [4.69, 9.17) is 9.88 Å². The molecule has 5 N–H and O–H groups in total. The molecule has 10 heteroatoms. The standard InChI is InChI=1S/C20H26N4O5S/c1-13(2)18(24-20(26)22-12-14-7-5-4-6-8-14)19(25)23-15-9-10-16(29-3)17(11-15)30(21,27)28/h4-11,13,18H,12H2,1-3H3,(H,23,25)(H2,21,27,28)(H2,22,24,26). The molecule has 0 radical (unpaired) electrons. The minimum absolute atomic E-state index is 0.0642. The molecule has 30 heavy (non-hydrogen) atoms. The lowest BCUT2D eigenvalue weighted by atomic mass is 10.0. The van der Waals surface area contributed by atoms with E-state index in [2.05, 4.69) is 16.0 Å². The van der Waals surface area contributed by atoms with Crippen LogP contribution in [-0.2, 0) is 21.4 Å². The quantitative estimate of drug-likeness (QED) is 0.502. The first kappa shape index (κ1) is 23.2. The Bertz CT molecular complexity index is 994. The van der Waals surface area contributed by atoms with Gasteiger partial charge in [-0.3, -0.25) is 4.79 Å². The molecule has 1 atom stereocenters. The first-order valence-electron chi connectivity index (χ1n) is 9.21. The van der Waals surface area contributed by atoms with Crippen LogP contribution < -0.4 is 25.8 Å². The number of methoxy groups -OCH3 is 1. The molecule has 0 aliphatic heterocycles. The highest BCUT2D eigenvalue weighted by Gasteiger charge is 2.25. The number of anilines is 1. The SMILES string of the molecule is COc1ccc(NC(=O)C(NC(=O)NCc2ccccc2)C(C)C)cc1S(N)(=O)=O. The van der Waals surface area contributed by atoms with Gasteiger partial charge in [0.25, 0.3) is 0 Å². The molecule has 2 aromatic carbocycles. The predicted octanol–water partition coefficient (Wildman–Crippen LogP) is 1.81. The van der Waals surface area contributed by atoms with Gasteiger partial charge >= 0.3 is 6.03 Å². The fourth-order valence-corrected chi connectivity index (χ4v) is 3.43. The first-order valence-corrected chi connectivity index (χ1v) is 10.8. The second-order valence-corrected chi connectivity index (χ2v) is 8.46. The van der Waals surface area contributed by atoms with E-state index in [1.54, 1.807) is 13.8 Å². The molecule has 1 unspecified atom stereocenters. The normalized spacial score (nSPS) is 12.2. The van der Waals surface area contributed by atoms with Gasteiger partial charge in [-0.1, -0.05) is 44.2 Å². The number of primary sulfonamides is 1. The molecule has 0 saturated heterocycles. The van der Waals surface area contributed by atoms with Crippen molar-refractivity contribution < 1.29 is 22.7 Å². The minimum Gasteiger partial charge on any atom is -0.495 e. The molecule has 0 saturated carbocycles. The van der Waals surface area contributed by atoms with Crippen LogP contribution in [0.25, 0.3) is 0 Å². The van der Waals surface area contributed by atoms with Crippen molar-refractivity contribution in [3.63, 3.8) is 0 Å². The van der Waals surface area contributed by atoms with E-state index in [-0.39, 0.29) is 22.3 Å². The number of hydrogen-bond donors (Lipinski definition) is 4. The summed E-state index contributed by atoms with van der Waals surface area (Å²) in [5.74, 6) is -0.650. The lowest BCUT2D eigenvalue weighted by Crippen LogP contribution is -2.50. The van der Waals surface area contributed by atoms with Gasteiger partial charge in [-0.2, -0.15) is 0 Å². The highest BCUT2D eigenvalue weighted by molar-refractivity contribution is 7.89. The summed E-state index contributed by atoms with van der Waals surface area (Å²) < 4.78 is 28.5. The summed E-state index contributed by atoms with van der Waals surface area (Å²) in [5.41, 5.74) is 1.13. The Hall–Kier alpha value is -3.11. The van der Waals surface area contributed by atoms with Crippen molar-refractivity contribution in [3.8, 4) is 5.75 Å². The number of urea groups is 1. The summed E-state index contributed by atoms with van der Waals surface area (Å²) in [6.07, 6.45) is 0. The highest BCUT2D eigenvalue weighted by atomic mass is 32.2. The Labute approximate surface area is 176 Å². The van der Waals surface area contributed by atoms with Gasteiger partial charge < -0.3 is 20.7 Å². The van der Waals surface area contributed by atoms with Crippen molar-refractivity contribution in [2.75, 3.05) is 12.4 Å². The van der Waals surface area contributed by atoms with Gasteiger partial charge in [0.15, 0.2) is 0 Å². The van der Waals surface area contributed by atoms with Crippen LogP contribution in [0.4, 0.5) is 10.5 Å². The second kappa shape index (κ2) is 10.1. The number of carbonyl (C=O) groups excluding carboxylic acids is 2.